The van der Waals surface area contributed by atoms with E-state index in [1.54, 1.807) is 6.20 Å². The standard InChI is InChI=1S/C9H12FN/c1-6(2)8-4-5-11-9(8)7(3)10/h4-5,11H,1-3H3/b9-7-. The molecule has 60 valence electrons. The van der Waals surface area contributed by atoms with Gasteiger partial charge in [-0.1, -0.05) is 5.57 Å². The molecule has 0 atom stereocenters. The third kappa shape index (κ3) is 1.50. The molecule has 0 unspecified atom stereocenters. The van der Waals surface area contributed by atoms with Gasteiger partial charge in [0.1, 0.15) is 5.83 Å². The molecule has 1 N–H and O–H groups in total. The first-order chi connectivity index (χ1) is 5.13. The van der Waals surface area contributed by atoms with Crippen LogP contribution in [0.5, 0.6) is 0 Å². The molecule has 1 aromatic heterocycles. The Labute approximate surface area is 65.3 Å². The van der Waals surface area contributed by atoms with E-state index in [0.717, 1.165) is 10.8 Å². The maximum atomic E-state index is 12.8. The number of hydrogen-bond acceptors (Lipinski definition) is 0. The first-order valence-electron chi connectivity index (χ1n) is 3.60. The van der Waals surface area contributed by atoms with Crippen molar-refractivity contribution in [1.82, 2.24) is 4.98 Å². The van der Waals surface area contributed by atoms with Crippen molar-refractivity contribution in [1.29, 1.82) is 0 Å². The molecule has 0 aliphatic heterocycles. The average molecular weight is 153 g/mol. The molecule has 1 rings (SSSR count). The molecule has 0 bridgehead atoms. The van der Waals surface area contributed by atoms with Crippen LogP contribution in [0, 0.1) is 0 Å². The first kappa shape index (κ1) is 8.05. The largest absolute Gasteiger partial charge is 0.359 e. The third-order valence-corrected chi connectivity index (χ3v) is 1.63. The summed E-state index contributed by atoms with van der Waals surface area (Å²) in [5.74, 6) is -0.161. The highest BCUT2D eigenvalue weighted by atomic mass is 19.1. The van der Waals surface area contributed by atoms with Gasteiger partial charge in [0.15, 0.2) is 0 Å². The number of rotatable bonds is 0. The van der Waals surface area contributed by atoms with Gasteiger partial charge in [0.25, 0.3) is 0 Å². The zero-order valence-corrected chi connectivity index (χ0v) is 7.03. The van der Waals surface area contributed by atoms with Gasteiger partial charge in [-0.15, -0.1) is 0 Å². The van der Waals surface area contributed by atoms with Crippen LogP contribution >= 0.6 is 0 Å². The van der Waals surface area contributed by atoms with Crippen molar-refractivity contribution in [2.45, 2.75) is 20.8 Å². The summed E-state index contributed by atoms with van der Waals surface area (Å²) >= 11 is 0. The Bertz CT molecular complexity index is 317. The summed E-state index contributed by atoms with van der Waals surface area (Å²) in [4.78, 5) is 2.85. The second-order valence-corrected chi connectivity index (χ2v) is 2.80. The van der Waals surface area contributed by atoms with Crippen LogP contribution < -0.4 is 10.6 Å². The summed E-state index contributed by atoms with van der Waals surface area (Å²) in [5.41, 5.74) is 1.12. The lowest BCUT2D eigenvalue weighted by Crippen LogP contribution is -2.24. The maximum absolute atomic E-state index is 12.8. The van der Waals surface area contributed by atoms with Crippen LogP contribution in [0.1, 0.15) is 20.8 Å². The zero-order valence-electron chi connectivity index (χ0n) is 7.03. The Kier molecular flexibility index (Phi) is 2.13. The fraction of sp³-hybridized carbons (Fsp3) is 0.333. The minimum absolute atomic E-state index is 0.161. The van der Waals surface area contributed by atoms with Gasteiger partial charge in [-0.25, -0.2) is 4.39 Å². The van der Waals surface area contributed by atoms with Gasteiger partial charge in [-0.3, -0.25) is 0 Å². The summed E-state index contributed by atoms with van der Waals surface area (Å²) in [6.45, 7) is 5.39. The van der Waals surface area contributed by atoms with Crippen molar-refractivity contribution in [3.8, 4) is 0 Å². The Morgan fingerprint density at radius 2 is 2.00 bits per heavy atom. The predicted molar refractivity (Wildman–Crippen MR) is 45.0 cm³/mol. The average Bonchev–Trinajstić information content (AvgIpc) is 2.32. The molecular weight excluding hydrogens is 141 g/mol. The first-order valence-corrected chi connectivity index (χ1v) is 3.60. The Hall–Kier alpha value is -1.05. The van der Waals surface area contributed by atoms with E-state index >= 15 is 0 Å². The van der Waals surface area contributed by atoms with Crippen LogP contribution in [0.25, 0.3) is 11.4 Å². The number of aromatic amines is 1. The molecule has 0 fully saturated rings. The van der Waals surface area contributed by atoms with Crippen LogP contribution in [0.2, 0.25) is 0 Å². The normalized spacial score (nSPS) is 13.1. The van der Waals surface area contributed by atoms with Gasteiger partial charge < -0.3 is 4.98 Å². The predicted octanol–water partition coefficient (Wildman–Crippen LogP) is 1.30. The second-order valence-electron chi connectivity index (χ2n) is 2.80. The topological polar surface area (TPSA) is 15.8 Å². The molecule has 0 radical (unpaired) electrons. The van der Waals surface area contributed by atoms with Gasteiger partial charge in [0, 0.05) is 11.4 Å². The van der Waals surface area contributed by atoms with Gasteiger partial charge in [-0.05, 0) is 26.8 Å². The van der Waals surface area contributed by atoms with E-state index in [4.69, 9.17) is 0 Å². The molecule has 0 amide bonds. The van der Waals surface area contributed by atoms with E-state index in [-0.39, 0.29) is 5.83 Å². The second kappa shape index (κ2) is 2.91. The number of nitrogens with one attached hydrogen (secondary N) is 1. The van der Waals surface area contributed by atoms with Gasteiger partial charge in [-0.2, -0.15) is 0 Å². The molecule has 1 nitrogen and oxygen atoms in total. The monoisotopic (exact) mass is 153 g/mol. The number of hydrogen-bond donors (Lipinski definition) is 1. The Morgan fingerprint density at radius 1 is 1.36 bits per heavy atom. The van der Waals surface area contributed by atoms with E-state index in [9.17, 15) is 4.39 Å². The fourth-order valence-corrected chi connectivity index (χ4v) is 1.07. The van der Waals surface area contributed by atoms with Crippen LogP contribution in [0.3, 0.4) is 0 Å². The van der Waals surface area contributed by atoms with Crippen molar-refractivity contribution in [3.05, 3.63) is 22.8 Å². The van der Waals surface area contributed by atoms with Crippen molar-refractivity contribution < 1.29 is 4.39 Å². The van der Waals surface area contributed by atoms with Crippen molar-refractivity contribution in [3.63, 3.8) is 0 Å². The molecule has 2 heteroatoms. The minimum Gasteiger partial charge on any atom is -0.359 e. The molecule has 0 aliphatic rings. The van der Waals surface area contributed by atoms with E-state index in [0.29, 0.717) is 5.35 Å². The van der Waals surface area contributed by atoms with Crippen LogP contribution in [0.15, 0.2) is 12.3 Å². The minimum atomic E-state index is -0.161. The summed E-state index contributed by atoms with van der Waals surface area (Å²) in [6.07, 6.45) is 1.75. The Morgan fingerprint density at radius 3 is 2.36 bits per heavy atom. The SMILES string of the molecule is CC(C)=c1cc[nH]/c1=C(/C)F. The molecule has 0 aliphatic carbocycles. The van der Waals surface area contributed by atoms with Gasteiger partial charge >= 0.3 is 0 Å². The maximum Gasteiger partial charge on any atom is 0.121 e. The highest BCUT2D eigenvalue weighted by molar-refractivity contribution is 5.41. The van der Waals surface area contributed by atoms with E-state index in [2.05, 4.69) is 4.98 Å². The number of halogens is 1. The molecule has 11 heavy (non-hydrogen) atoms. The number of H-pyrrole nitrogens is 1. The van der Waals surface area contributed by atoms with Crippen molar-refractivity contribution in [2.24, 2.45) is 0 Å². The molecule has 0 saturated heterocycles. The smallest absolute Gasteiger partial charge is 0.121 e. The molecule has 0 aromatic carbocycles. The van der Waals surface area contributed by atoms with Crippen LogP contribution in [-0.2, 0) is 0 Å². The molecule has 1 heterocycles. The third-order valence-electron chi connectivity index (χ3n) is 1.63. The highest BCUT2D eigenvalue weighted by Gasteiger charge is 1.92. The van der Waals surface area contributed by atoms with E-state index in [1.165, 1.54) is 6.92 Å². The Balaban J connectivity index is 3.68. The van der Waals surface area contributed by atoms with E-state index in [1.807, 2.05) is 19.9 Å². The summed E-state index contributed by atoms with van der Waals surface area (Å²) in [7, 11) is 0. The van der Waals surface area contributed by atoms with Gasteiger partial charge in [0.2, 0.25) is 0 Å². The lowest BCUT2D eigenvalue weighted by molar-refractivity contribution is 0.735. The molecular formula is C9H12FN. The summed E-state index contributed by atoms with van der Waals surface area (Å²) in [6, 6.07) is 1.88. The lowest BCUT2D eigenvalue weighted by atomic mass is 10.2. The quantitative estimate of drug-likeness (QED) is 0.578. The highest BCUT2D eigenvalue weighted by Crippen LogP contribution is 1.88. The van der Waals surface area contributed by atoms with E-state index < -0.39 is 0 Å². The molecule has 0 spiro atoms. The molecule has 1 aromatic rings. The van der Waals surface area contributed by atoms with Crippen LogP contribution in [0.4, 0.5) is 4.39 Å². The zero-order chi connectivity index (χ0) is 8.43. The van der Waals surface area contributed by atoms with Crippen molar-refractivity contribution >= 4 is 11.4 Å². The van der Waals surface area contributed by atoms with Crippen molar-refractivity contribution in [2.75, 3.05) is 0 Å². The van der Waals surface area contributed by atoms with Gasteiger partial charge in [0.05, 0.1) is 5.35 Å². The lowest BCUT2D eigenvalue weighted by Gasteiger charge is -1.85. The fourth-order valence-electron chi connectivity index (χ4n) is 1.07. The number of aromatic nitrogens is 1. The molecule has 0 saturated carbocycles. The van der Waals surface area contributed by atoms with Crippen LogP contribution in [-0.4, -0.2) is 4.98 Å². The summed E-state index contributed by atoms with van der Waals surface area (Å²) < 4.78 is 12.8. The summed E-state index contributed by atoms with van der Waals surface area (Å²) in [5, 5.41) is 1.56.